The summed E-state index contributed by atoms with van der Waals surface area (Å²) in [4.78, 5) is 7.13. The number of rotatable bonds is 3. The van der Waals surface area contributed by atoms with E-state index in [9.17, 15) is 21.6 Å². The molecule has 0 radical (unpaired) electrons. The van der Waals surface area contributed by atoms with Crippen molar-refractivity contribution in [3.05, 3.63) is 41.7 Å². The number of sulfone groups is 1. The Morgan fingerprint density at radius 3 is 2.18 bits per heavy atom. The number of aromatic nitrogens is 2. The second kappa shape index (κ2) is 5.56. The summed E-state index contributed by atoms with van der Waals surface area (Å²) in [6.07, 6.45) is -3.56. The Balaban J connectivity index is 2.29. The third-order valence-corrected chi connectivity index (χ3v) is 3.71. The van der Waals surface area contributed by atoms with Gasteiger partial charge < -0.3 is 4.74 Å². The molecule has 0 spiro atoms. The fourth-order valence-corrected chi connectivity index (χ4v) is 2.22. The van der Waals surface area contributed by atoms with Crippen LogP contribution >= 0.6 is 0 Å². The van der Waals surface area contributed by atoms with E-state index in [1.54, 1.807) is 0 Å². The van der Waals surface area contributed by atoms with E-state index in [0.29, 0.717) is 0 Å². The molecule has 1 aromatic carbocycles. The van der Waals surface area contributed by atoms with E-state index in [1.807, 2.05) is 0 Å². The lowest BCUT2D eigenvalue weighted by atomic mass is 10.3. The van der Waals surface area contributed by atoms with Crippen LogP contribution in [0.25, 0.3) is 0 Å². The summed E-state index contributed by atoms with van der Waals surface area (Å²) in [7, 11) is -3.36. The summed E-state index contributed by atoms with van der Waals surface area (Å²) < 4.78 is 65.7. The number of nitrogens with zero attached hydrogens (tertiary/aromatic N) is 2. The highest BCUT2D eigenvalue weighted by Crippen LogP contribution is 2.30. The maximum atomic E-state index is 12.7. The van der Waals surface area contributed by atoms with Gasteiger partial charge in [-0.15, -0.1) is 0 Å². The van der Waals surface area contributed by atoms with Gasteiger partial charge in [0.05, 0.1) is 4.90 Å². The SMILES string of the molecule is Cc1cc(C(F)(F)F)nc(Oc2ccc(S(C)(=O)=O)cc2)n1. The highest BCUT2D eigenvalue weighted by molar-refractivity contribution is 7.90. The Kier molecular flexibility index (Phi) is 4.10. The van der Waals surface area contributed by atoms with Crippen LogP contribution in [0.1, 0.15) is 11.4 Å². The van der Waals surface area contributed by atoms with Gasteiger partial charge in [-0.05, 0) is 37.3 Å². The minimum absolute atomic E-state index is 0.0704. The maximum absolute atomic E-state index is 12.7. The molecule has 118 valence electrons. The lowest BCUT2D eigenvalue weighted by Crippen LogP contribution is -2.10. The zero-order chi connectivity index (χ0) is 16.5. The monoisotopic (exact) mass is 332 g/mol. The minimum Gasteiger partial charge on any atom is -0.424 e. The highest BCUT2D eigenvalue weighted by Gasteiger charge is 2.33. The van der Waals surface area contributed by atoms with Crippen molar-refractivity contribution in [2.45, 2.75) is 18.0 Å². The minimum atomic E-state index is -4.61. The van der Waals surface area contributed by atoms with Crippen LogP contribution in [0.3, 0.4) is 0 Å². The Bertz CT molecular complexity index is 787. The first kappa shape index (κ1) is 16.2. The third kappa shape index (κ3) is 3.94. The van der Waals surface area contributed by atoms with Crippen LogP contribution in [-0.4, -0.2) is 24.6 Å². The lowest BCUT2D eigenvalue weighted by Gasteiger charge is -2.09. The van der Waals surface area contributed by atoms with Gasteiger partial charge >= 0.3 is 12.2 Å². The van der Waals surface area contributed by atoms with Gasteiger partial charge in [-0.25, -0.2) is 13.4 Å². The predicted molar refractivity (Wildman–Crippen MR) is 71.4 cm³/mol. The second-order valence-corrected chi connectivity index (χ2v) is 6.54. The van der Waals surface area contributed by atoms with Gasteiger partial charge in [-0.2, -0.15) is 18.2 Å². The van der Waals surface area contributed by atoms with Gasteiger partial charge in [0.15, 0.2) is 15.5 Å². The van der Waals surface area contributed by atoms with Gasteiger partial charge in [-0.1, -0.05) is 0 Å². The van der Waals surface area contributed by atoms with E-state index in [4.69, 9.17) is 4.74 Å². The molecule has 5 nitrogen and oxygen atoms in total. The second-order valence-electron chi connectivity index (χ2n) is 4.52. The van der Waals surface area contributed by atoms with Crippen molar-refractivity contribution in [2.24, 2.45) is 0 Å². The van der Waals surface area contributed by atoms with Crippen LogP contribution < -0.4 is 4.74 Å². The molecule has 1 aromatic heterocycles. The molecule has 0 saturated heterocycles. The summed E-state index contributed by atoms with van der Waals surface area (Å²) in [5.74, 6) is 0.131. The number of aryl methyl sites for hydroxylation is 1. The van der Waals surface area contributed by atoms with Crippen LogP contribution in [0.15, 0.2) is 35.2 Å². The van der Waals surface area contributed by atoms with E-state index in [-0.39, 0.29) is 16.3 Å². The molecule has 0 bridgehead atoms. The molecule has 0 N–H and O–H groups in total. The highest BCUT2D eigenvalue weighted by atomic mass is 32.2. The first-order chi connectivity index (χ1) is 10.1. The number of ether oxygens (including phenoxy) is 1. The number of hydrogen-bond acceptors (Lipinski definition) is 5. The summed E-state index contributed by atoms with van der Waals surface area (Å²) in [5.41, 5.74) is -1.01. The van der Waals surface area contributed by atoms with Crippen LogP contribution in [0.5, 0.6) is 11.8 Å². The van der Waals surface area contributed by atoms with Gasteiger partial charge in [0, 0.05) is 11.9 Å². The molecule has 2 rings (SSSR count). The molecule has 0 unspecified atom stereocenters. The van der Waals surface area contributed by atoms with Crippen molar-refractivity contribution in [3.63, 3.8) is 0 Å². The lowest BCUT2D eigenvalue weighted by molar-refractivity contribution is -0.141. The van der Waals surface area contributed by atoms with Gasteiger partial charge in [0.1, 0.15) is 5.75 Å². The molecule has 9 heteroatoms. The van der Waals surface area contributed by atoms with Crippen molar-refractivity contribution < 1.29 is 26.3 Å². The van der Waals surface area contributed by atoms with E-state index in [1.165, 1.54) is 31.2 Å². The molecular formula is C13H11F3N2O3S. The van der Waals surface area contributed by atoms with Gasteiger partial charge in [0.2, 0.25) is 0 Å². The molecule has 0 aliphatic carbocycles. The number of benzene rings is 1. The average Bonchev–Trinajstić information content (AvgIpc) is 2.36. The third-order valence-electron chi connectivity index (χ3n) is 2.59. The quantitative estimate of drug-likeness (QED) is 0.864. The van der Waals surface area contributed by atoms with Crippen molar-refractivity contribution in [3.8, 4) is 11.8 Å². The maximum Gasteiger partial charge on any atom is 0.433 e. The number of halogens is 3. The fourth-order valence-electron chi connectivity index (χ4n) is 1.59. The summed E-state index contributed by atoms with van der Waals surface area (Å²) in [5, 5.41) is 0. The van der Waals surface area contributed by atoms with Crippen LogP contribution in [0.2, 0.25) is 0 Å². The van der Waals surface area contributed by atoms with E-state index >= 15 is 0 Å². The summed E-state index contributed by atoms with van der Waals surface area (Å²) in [6, 6.07) is 5.54. The van der Waals surface area contributed by atoms with E-state index < -0.39 is 27.7 Å². The standard InChI is InChI=1S/C13H11F3N2O3S/c1-8-7-11(13(14,15)16)18-12(17-8)21-9-3-5-10(6-4-9)22(2,19)20/h3-7H,1-2H3. The Morgan fingerprint density at radius 2 is 1.68 bits per heavy atom. The van der Waals surface area contributed by atoms with Crippen molar-refractivity contribution >= 4 is 9.84 Å². The Labute approximate surface area is 124 Å². The molecular weight excluding hydrogens is 321 g/mol. The Morgan fingerprint density at radius 1 is 1.09 bits per heavy atom. The molecule has 0 aliphatic rings. The zero-order valence-electron chi connectivity index (χ0n) is 11.5. The number of hydrogen-bond donors (Lipinski definition) is 0. The van der Waals surface area contributed by atoms with Gasteiger partial charge in [-0.3, -0.25) is 0 Å². The summed E-state index contributed by atoms with van der Waals surface area (Å²) in [6.45, 7) is 1.39. The largest absolute Gasteiger partial charge is 0.433 e. The molecule has 0 atom stereocenters. The normalized spacial score (nSPS) is 12.2. The topological polar surface area (TPSA) is 69.2 Å². The number of alkyl halides is 3. The average molecular weight is 332 g/mol. The fraction of sp³-hybridized carbons (Fsp3) is 0.231. The van der Waals surface area contributed by atoms with Crippen molar-refractivity contribution in [2.75, 3.05) is 6.26 Å². The molecule has 0 amide bonds. The molecule has 1 heterocycles. The van der Waals surface area contributed by atoms with Crippen LogP contribution in [0, 0.1) is 6.92 Å². The predicted octanol–water partition coefficient (Wildman–Crippen LogP) is 3.00. The first-order valence-corrected chi connectivity index (χ1v) is 7.86. The first-order valence-electron chi connectivity index (χ1n) is 5.96. The van der Waals surface area contributed by atoms with E-state index in [0.717, 1.165) is 12.3 Å². The molecule has 0 fully saturated rings. The van der Waals surface area contributed by atoms with Crippen molar-refractivity contribution in [1.82, 2.24) is 9.97 Å². The van der Waals surface area contributed by atoms with E-state index in [2.05, 4.69) is 9.97 Å². The molecule has 0 aliphatic heterocycles. The Hall–Kier alpha value is -2.16. The van der Waals surface area contributed by atoms with Crippen LogP contribution in [0.4, 0.5) is 13.2 Å². The van der Waals surface area contributed by atoms with Gasteiger partial charge in [0.25, 0.3) is 0 Å². The van der Waals surface area contributed by atoms with Crippen LogP contribution in [-0.2, 0) is 16.0 Å². The van der Waals surface area contributed by atoms with Crippen molar-refractivity contribution in [1.29, 1.82) is 0 Å². The molecule has 0 saturated carbocycles. The summed E-state index contributed by atoms with van der Waals surface area (Å²) >= 11 is 0. The zero-order valence-corrected chi connectivity index (χ0v) is 12.4. The smallest absolute Gasteiger partial charge is 0.424 e. The molecule has 22 heavy (non-hydrogen) atoms. The molecule has 2 aromatic rings.